The van der Waals surface area contributed by atoms with Gasteiger partial charge >= 0.3 is 0 Å². The molecule has 30 heavy (non-hydrogen) atoms. The Labute approximate surface area is 177 Å². The van der Waals surface area contributed by atoms with E-state index in [-0.39, 0.29) is 29.2 Å². The van der Waals surface area contributed by atoms with E-state index in [1.807, 2.05) is 13.8 Å². The van der Waals surface area contributed by atoms with Crippen LogP contribution in [-0.4, -0.2) is 70.6 Å². The zero-order chi connectivity index (χ0) is 21.9. The summed E-state index contributed by atoms with van der Waals surface area (Å²) < 4.78 is 21.5. The number of halogens is 1. The van der Waals surface area contributed by atoms with Gasteiger partial charge in [0.1, 0.15) is 5.56 Å². The number of pyridine rings is 1. The molecule has 0 aromatic carbocycles. The largest absolute Gasteiger partial charge is 0.388 e. The first-order valence-corrected chi connectivity index (χ1v) is 10.9. The Morgan fingerprint density at radius 1 is 1.30 bits per heavy atom. The number of aliphatic hydroxyl groups is 1. The van der Waals surface area contributed by atoms with Gasteiger partial charge in [0, 0.05) is 44.3 Å². The quantitative estimate of drug-likeness (QED) is 0.711. The summed E-state index contributed by atoms with van der Waals surface area (Å²) >= 11 is 0. The van der Waals surface area contributed by atoms with Crippen LogP contribution in [0.4, 0.5) is 4.48 Å². The lowest BCUT2D eigenvalue weighted by atomic mass is 9.91. The van der Waals surface area contributed by atoms with Gasteiger partial charge in [-0.25, -0.2) is 0 Å². The molecule has 1 N–H and O–H groups in total. The summed E-state index contributed by atoms with van der Waals surface area (Å²) in [5.41, 5.74) is -0.529. The predicted molar refractivity (Wildman–Crippen MR) is 112 cm³/mol. The van der Waals surface area contributed by atoms with E-state index in [2.05, 4.69) is 4.90 Å². The van der Waals surface area contributed by atoms with Gasteiger partial charge in [0.15, 0.2) is 0 Å². The average Bonchev–Trinajstić information content (AvgIpc) is 2.69. The number of ether oxygens (including phenoxy) is 1. The number of nitrogens with zero attached hydrogens (tertiary/aromatic N) is 3. The van der Waals surface area contributed by atoms with Gasteiger partial charge in [-0.05, 0) is 64.8 Å². The van der Waals surface area contributed by atoms with E-state index >= 15 is 0 Å². The lowest BCUT2D eigenvalue weighted by Gasteiger charge is -2.40. The standard InChI is InChI=1S/C22H34FN3O4/c1-16(2)26-17(3)4-5-19(21(26)28)20(27)25(23)14-18-6-10-24(11-7-18)15-22(29)8-12-30-13-9-22/h4-5,16,18,29H,6-15H2,1-3H3. The molecule has 2 saturated heterocycles. The Bertz CT molecular complexity index is 796. The highest BCUT2D eigenvalue weighted by Crippen LogP contribution is 2.25. The summed E-state index contributed by atoms with van der Waals surface area (Å²) in [4.78, 5) is 27.4. The fourth-order valence-electron chi connectivity index (χ4n) is 4.54. The third kappa shape index (κ3) is 5.28. The molecular weight excluding hydrogens is 389 g/mol. The van der Waals surface area contributed by atoms with Crippen LogP contribution < -0.4 is 5.56 Å². The van der Waals surface area contributed by atoms with E-state index in [0.29, 0.717) is 32.6 Å². The Kier molecular flexibility index (Phi) is 7.31. The van der Waals surface area contributed by atoms with E-state index in [4.69, 9.17) is 4.74 Å². The maximum Gasteiger partial charge on any atom is 0.287 e. The Morgan fingerprint density at radius 2 is 1.93 bits per heavy atom. The lowest BCUT2D eigenvalue weighted by Crippen LogP contribution is -2.49. The highest BCUT2D eigenvalue weighted by atomic mass is 19.2. The fraction of sp³-hybridized carbons (Fsp3) is 0.727. The normalized spacial score (nSPS) is 20.5. The third-order valence-electron chi connectivity index (χ3n) is 6.35. The number of carbonyl (C=O) groups is 1. The smallest absolute Gasteiger partial charge is 0.287 e. The number of carbonyl (C=O) groups excluding carboxylic acids is 1. The van der Waals surface area contributed by atoms with Crippen molar-refractivity contribution in [3.8, 4) is 0 Å². The summed E-state index contributed by atoms with van der Waals surface area (Å²) in [6, 6.07) is 3.00. The molecule has 0 saturated carbocycles. The number of aromatic nitrogens is 1. The van der Waals surface area contributed by atoms with Crippen LogP contribution in [0.15, 0.2) is 16.9 Å². The molecule has 1 aromatic heterocycles. The van der Waals surface area contributed by atoms with Crippen molar-refractivity contribution in [3.05, 3.63) is 33.7 Å². The van der Waals surface area contributed by atoms with Gasteiger partial charge in [-0.15, -0.1) is 0 Å². The van der Waals surface area contributed by atoms with Crippen LogP contribution in [0.2, 0.25) is 0 Å². The number of rotatable bonds is 6. The highest BCUT2D eigenvalue weighted by Gasteiger charge is 2.34. The van der Waals surface area contributed by atoms with Crippen molar-refractivity contribution in [2.75, 3.05) is 39.4 Å². The van der Waals surface area contributed by atoms with Crippen molar-refractivity contribution in [2.24, 2.45) is 5.92 Å². The number of piperidine rings is 1. The molecule has 3 heterocycles. The predicted octanol–water partition coefficient (Wildman–Crippen LogP) is 2.32. The summed E-state index contributed by atoms with van der Waals surface area (Å²) in [5, 5.41) is 10.9. The molecule has 0 radical (unpaired) electrons. The monoisotopic (exact) mass is 423 g/mol. The van der Waals surface area contributed by atoms with Gasteiger partial charge in [-0.2, -0.15) is 5.12 Å². The summed E-state index contributed by atoms with van der Waals surface area (Å²) in [6.45, 7) is 8.82. The second-order valence-corrected chi connectivity index (χ2v) is 9.06. The van der Waals surface area contributed by atoms with Crippen LogP contribution in [0.3, 0.4) is 0 Å². The maximum absolute atomic E-state index is 14.7. The van der Waals surface area contributed by atoms with Crippen LogP contribution in [-0.2, 0) is 4.74 Å². The molecule has 0 unspecified atom stereocenters. The van der Waals surface area contributed by atoms with Crippen LogP contribution in [0.25, 0.3) is 0 Å². The molecule has 2 aliphatic heterocycles. The number of hydrogen-bond donors (Lipinski definition) is 1. The molecule has 3 rings (SSSR count). The summed E-state index contributed by atoms with van der Waals surface area (Å²) in [7, 11) is 0. The molecule has 168 valence electrons. The molecule has 2 fully saturated rings. The first-order valence-electron chi connectivity index (χ1n) is 10.9. The molecule has 0 aliphatic carbocycles. The third-order valence-corrected chi connectivity index (χ3v) is 6.35. The lowest BCUT2D eigenvalue weighted by molar-refractivity contribution is -0.0839. The van der Waals surface area contributed by atoms with Gasteiger partial charge < -0.3 is 19.3 Å². The van der Waals surface area contributed by atoms with E-state index in [0.717, 1.165) is 31.6 Å². The number of hydrogen-bond acceptors (Lipinski definition) is 5. The minimum atomic E-state index is -0.867. The molecular formula is C22H34FN3O4. The Morgan fingerprint density at radius 3 is 2.53 bits per heavy atom. The Balaban J connectivity index is 1.55. The van der Waals surface area contributed by atoms with Crippen LogP contribution in [0, 0.1) is 12.8 Å². The Hall–Kier alpha value is -1.77. The van der Waals surface area contributed by atoms with E-state index < -0.39 is 17.1 Å². The van der Waals surface area contributed by atoms with Crippen LogP contribution in [0.1, 0.15) is 61.6 Å². The zero-order valence-electron chi connectivity index (χ0n) is 18.3. The van der Waals surface area contributed by atoms with Gasteiger partial charge in [0.25, 0.3) is 11.5 Å². The number of β-amino-alcohol motifs (C(OH)–C–C–N with tert-alkyl or cyclic N) is 1. The first kappa shape index (κ1) is 22.9. The molecule has 1 aromatic rings. The summed E-state index contributed by atoms with van der Waals surface area (Å²) in [5.74, 6) is -0.828. The molecule has 0 bridgehead atoms. The van der Waals surface area contributed by atoms with E-state index in [1.54, 1.807) is 13.0 Å². The zero-order valence-corrected chi connectivity index (χ0v) is 18.3. The fourth-order valence-corrected chi connectivity index (χ4v) is 4.54. The van der Waals surface area contributed by atoms with Gasteiger partial charge in [-0.1, -0.05) is 4.48 Å². The molecule has 0 atom stereocenters. The first-order chi connectivity index (χ1) is 14.2. The minimum Gasteiger partial charge on any atom is -0.388 e. The van der Waals surface area contributed by atoms with Gasteiger partial charge in [0.2, 0.25) is 0 Å². The van der Waals surface area contributed by atoms with Crippen molar-refractivity contribution in [3.63, 3.8) is 0 Å². The second kappa shape index (κ2) is 9.58. The number of likely N-dealkylation sites (tertiary alicyclic amines) is 1. The van der Waals surface area contributed by atoms with Crippen molar-refractivity contribution < 1.29 is 19.1 Å². The minimum absolute atomic E-state index is 0.0141. The van der Waals surface area contributed by atoms with E-state index in [1.165, 1.54) is 10.6 Å². The maximum atomic E-state index is 14.7. The van der Waals surface area contributed by atoms with Gasteiger partial charge in [0.05, 0.1) is 12.1 Å². The van der Waals surface area contributed by atoms with Crippen molar-refractivity contribution in [2.45, 2.75) is 58.1 Å². The van der Waals surface area contributed by atoms with Crippen molar-refractivity contribution >= 4 is 5.91 Å². The SMILES string of the molecule is Cc1ccc(C(=O)N(F)CC2CCN(CC3(O)CCOCC3)CC2)c(=O)n1C(C)C. The highest BCUT2D eigenvalue weighted by molar-refractivity contribution is 5.93. The van der Waals surface area contributed by atoms with E-state index in [9.17, 15) is 19.2 Å². The van der Waals surface area contributed by atoms with Crippen molar-refractivity contribution in [1.29, 1.82) is 0 Å². The topological polar surface area (TPSA) is 75.0 Å². The molecule has 2 aliphatic rings. The average molecular weight is 424 g/mol. The summed E-state index contributed by atoms with van der Waals surface area (Å²) in [6.07, 6.45) is 2.79. The number of amides is 1. The van der Waals surface area contributed by atoms with Crippen molar-refractivity contribution in [1.82, 2.24) is 14.6 Å². The molecule has 7 nitrogen and oxygen atoms in total. The number of aryl methyl sites for hydroxylation is 1. The van der Waals surface area contributed by atoms with Crippen LogP contribution >= 0.6 is 0 Å². The molecule has 8 heteroatoms. The molecule has 1 amide bonds. The molecule has 0 spiro atoms. The van der Waals surface area contributed by atoms with Crippen LogP contribution in [0.5, 0.6) is 0 Å². The second-order valence-electron chi connectivity index (χ2n) is 9.06. The van der Waals surface area contributed by atoms with Gasteiger partial charge in [-0.3, -0.25) is 9.59 Å².